The number of hydrogen-bond donors (Lipinski definition) is 0. The summed E-state index contributed by atoms with van der Waals surface area (Å²) in [5.41, 5.74) is 0. The summed E-state index contributed by atoms with van der Waals surface area (Å²) in [5.74, 6) is -0.981. The molecule has 6 nitrogen and oxygen atoms in total. The maximum absolute atomic E-state index is 12.8. The van der Waals surface area contributed by atoms with Crippen LogP contribution in [-0.2, 0) is 28.6 Å². The Kier molecular flexibility index (Phi) is 60.9. The molecule has 0 bridgehead atoms. The fourth-order valence-electron chi connectivity index (χ4n) is 8.33. The lowest BCUT2D eigenvalue weighted by Gasteiger charge is -2.18. The van der Waals surface area contributed by atoms with Gasteiger partial charge in [0.05, 0.1) is 0 Å². The van der Waals surface area contributed by atoms with Gasteiger partial charge in [-0.3, -0.25) is 14.4 Å². The largest absolute Gasteiger partial charge is 0.462 e. The van der Waals surface area contributed by atoms with Crippen LogP contribution in [0.4, 0.5) is 0 Å². The van der Waals surface area contributed by atoms with E-state index in [1.807, 2.05) is 0 Å². The van der Waals surface area contributed by atoms with Crippen molar-refractivity contribution in [1.82, 2.24) is 0 Å². The van der Waals surface area contributed by atoms with Crippen LogP contribution in [0.3, 0.4) is 0 Å². The van der Waals surface area contributed by atoms with Gasteiger partial charge >= 0.3 is 17.9 Å². The SMILES string of the molecule is CC/C=C\C/C=C\C/C=C\C/C=C\C/C=C\C/C=C\C/C=C\C/C=C\C/C=C\CCCC(=O)OCC(COC(=O)CCCCCCCC)OC(=O)CCCCCCCCCCCC/C=C\C/C=C\C/C=C\CCCCCCC. The molecule has 0 aromatic heterocycles. The number of carbonyl (C=O) groups excluding carboxylic acids is 3. The van der Waals surface area contributed by atoms with E-state index in [1.165, 1.54) is 109 Å². The second-order valence-corrected chi connectivity index (χ2v) is 20.6. The van der Waals surface area contributed by atoms with Crippen molar-refractivity contribution in [2.75, 3.05) is 13.2 Å². The third-order valence-electron chi connectivity index (χ3n) is 13.1. The molecule has 0 aliphatic carbocycles. The van der Waals surface area contributed by atoms with Gasteiger partial charge in [-0.2, -0.15) is 0 Å². The van der Waals surface area contributed by atoms with Crippen LogP contribution in [0, 0.1) is 0 Å². The van der Waals surface area contributed by atoms with Gasteiger partial charge in [0.2, 0.25) is 0 Å². The van der Waals surface area contributed by atoms with Crippen LogP contribution in [-0.4, -0.2) is 37.2 Å². The summed E-state index contributed by atoms with van der Waals surface area (Å²) in [6, 6.07) is 0. The van der Waals surface area contributed by atoms with Crippen molar-refractivity contribution >= 4 is 17.9 Å². The zero-order valence-electron chi connectivity index (χ0n) is 50.4. The number of hydrogen-bond acceptors (Lipinski definition) is 6. The van der Waals surface area contributed by atoms with Gasteiger partial charge in [0.1, 0.15) is 13.2 Å². The first-order valence-electron chi connectivity index (χ1n) is 31.8. The smallest absolute Gasteiger partial charge is 0.306 e. The lowest BCUT2D eigenvalue weighted by molar-refractivity contribution is -0.167. The van der Waals surface area contributed by atoms with Crippen LogP contribution in [0.25, 0.3) is 0 Å². The van der Waals surface area contributed by atoms with Gasteiger partial charge in [-0.15, -0.1) is 0 Å². The molecule has 0 radical (unpaired) electrons. The lowest BCUT2D eigenvalue weighted by Crippen LogP contribution is -2.30. The molecule has 0 aliphatic heterocycles. The van der Waals surface area contributed by atoms with E-state index in [4.69, 9.17) is 14.2 Å². The normalized spacial score (nSPS) is 13.1. The van der Waals surface area contributed by atoms with E-state index in [1.54, 1.807) is 0 Å². The Hall–Kier alpha value is -4.71. The predicted octanol–water partition coefficient (Wildman–Crippen LogP) is 21.9. The third kappa shape index (κ3) is 62.1. The molecule has 0 saturated carbocycles. The average molecular weight is 1080 g/mol. The van der Waals surface area contributed by atoms with Crippen molar-refractivity contribution in [3.63, 3.8) is 0 Å². The van der Waals surface area contributed by atoms with Crippen molar-refractivity contribution in [1.29, 1.82) is 0 Å². The van der Waals surface area contributed by atoms with E-state index < -0.39 is 6.10 Å². The van der Waals surface area contributed by atoms with Gasteiger partial charge in [0.25, 0.3) is 0 Å². The number of rotatable bonds is 56. The number of ether oxygens (including phenoxy) is 3. The molecule has 78 heavy (non-hydrogen) atoms. The monoisotopic (exact) mass is 1080 g/mol. The highest BCUT2D eigenvalue weighted by molar-refractivity contribution is 5.71. The van der Waals surface area contributed by atoms with Gasteiger partial charge in [-0.1, -0.05) is 276 Å². The zero-order chi connectivity index (χ0) is 56.4. The fraction of sp³-hybridized carbons (Fsp3) is 0.625. The summed E-state index contributed by atoms with van der Waals surface area (Å²) in [6.45, 7) is 6.40. The summed E-state index contributed by atoms with van der Waals surface area (Å²) < 4.78 is 16.7. The number of unbranched alkanes of at least 4 members (excludes halogenated alkanes) is 21. The molecule has 0 N–H and O–H groups in total. The minimum absolute atomic E-state index is 0.102. The molecule has 0 aromatic rings. The molecule has 440 valence electrons. The summed E-state index contributed by atoms with van der Waals surface area (Å²) in [5, 5.41) is 0. The second kappa shape index (κ2) is 64.8. The van der Waals surface area contributed by atoms with Crippen LogP contribution < -0.4 is 0 Å². The molecule has 0 spiro atoms. The van der Waals surface area contributed by atoms with Crippen molar-refractivity contribution in [2.45, 2.75) is 277 Å². The Morgan fingerprint density at radius 2 is 0.513 bits per heavy atom. The minimum Gasteiger partial charge on any atom is -0.462 e. The fourth-order valence-corrected chi connectivity index (χ4v) is 8.33. The van der Waals surface area contributed by atoms with Gasteiger partial charge in [0.15, 0.2) is 6.10 Å². The molecular formula is C72H116O6. The van der Waals surface area contributed by atoms with Crippen molar-refractivity contribution in [3.8, 4) is 0 Å². The Morgan fingerprint density at radius 1 is 0.269 bits per heavy atom. The summed E-state index contributed by atoms with van der Waals surface area (Å²) in [7, 11) is 0. The first-order chi connectivity index (χ1) is 38.5. The topological polar surface area (TPSA) is 78.9 Å². The van der Waals surface area contributed by atoms with Crippen LogP contribution in [0.2, 0.25) is 0 Å². The zero-order valence-corrected chi connectivity index (χ0v) is 50.4. The molecule has 0 aliphatic rings. The quantitative estimate of drug-likeness (QED) is 0.0261. The Morgan fingerprint density at radius 3 is 0.833 bits per heavy atom. The molecule has 0 saturated heterocycles. The molecule has 0 fully saturated rings. The van der Waals surface area contributed by atoms with Gasteiger partial charge in [-0.05, 0) is 122 Å². The second-order valence-electron chi connectivity index (χ2n) is 20.6. The number of carbonyl (C=O) groups is 3. The standard InChI is InChI=1S/C72H116O6/c1-4-7-10-13-16-18-20-22-24-26-28-30-32-34-35-36-37-39-40-42-44-46-48-50-52-54-56-59-62-65-71(74)77-68-69(67-76-70(73)64-61-58-15-12-9-6-3)78-72(75)66-63-60-57-55-53-51-49-47-45-43-41-38-33-31-29-27-25-23-21-19-17-14-11-8-5-2/h7,10,16,18,21-24,27-30,33-35,37-39,42,44,48,50,54,56,69H,4-6,8-9,11-15,17,19-20,25-26,31-32,36,40-41,43,45-47,49,51-53,55,57-68H2,1-3H3/b10-7-,18-16-,23-21-,24-22-,29-27-,30-28-,35-34-,38-33-,39-37-,44-42-,50-48-,56-54-. The number of esters is 3. The minimum atomic E-state index is -0.807. The lowest BCUT2D eigenvalue weighted by atomic mass is 10.0. The molecule has 0 heterocycles. The van der Waals surface area contributed by atoms with Crippen molar-refractivity contribution in [2.24, 2.45) is 0 Å². The van der Waals surface area contributed by atoms with Crippen LogP contribution >= 0.6 is 0 Å². The van der Waals surface area contributed by atoms with Gasteiger partial charge in [0, 0.05) is 19.3 Å². The highest BCUT2D eigenvalue weighted by Gasteiger charge is 2.19. The predicted molar refractivity (Wildman–Crippen MR) is 339 cm³/mol. The van der Waals surface area contributed by atoms with Crippen LogP contribution in [0.5, 0.6) is 0 Å². The summed E-state index contributed by atoms with van der Waals surface area (Å²) in [6.07, 6.45) is 93.2. The average Bonchev–Trinajstić information content (AvgIpc) is 3.44. The van der Waals surface area contributed by atoms with Crippen molar-refractivity contribution in [3.05, 3.63) is 146 Å². The van der Waals surface area contributed by atoms with E-state index in [2.05, 4.69) is 167 Å². The van der Waals surface area contributed by atoms with E-state index in [-0.39, 0.29) is 37.5 Å². The molecule has 6 heteroatoms. The van der Waals surface area contributed by atoms with E-state index in [0.717, 1.165) is 116 Å². The van der Waals surface area contributed by atoms with Crippen molar-refractivity contribution < 1.29 is 28.6 Å². The highest BCUT2D eigenvalue weighted by Crippen LogP contribution is 2.14. The van der Waals surface area contributed by atoms with Gasteiger partial charge in [-0.25, -0.2) is 0 Å². The molecule has 0 aromatic carbocycles. The van der Waals surface area contributed by atoms with Crippen LogP contribution in [0.1, 0.15) is 271 Å². The molecule has 0 amide bonds. The Bertz CT molecular complexity index is 1710. The maximum Gasteiger partial charge on any atom is 0.306 e. The van der Waals surface area contributed by atoms with E-state index in [9.17, 15) is 14.4 Å². The molecule has 1 unspecified atom stereocenters. The Balaban J connectivity index is 4.25. The first kappa shape index (κ1) is 73.3. The maximum atomic E-state index is 12.8. The van der Waals surface area contributed by atoms with E-state index >= 15 is 0 Å². The highest BCUT2D eigenvalue weighted by atomic mass is 16.6. The van der Waals surface area contributed by atoms with E-state index in [0.29, 0.717) is 19.3 Å². The summed E-state index contributed by atoms with van der Waals surface area (Å²) in [4.78, 5) is 38.0. The number of allylic oxidation sites excluding steroid dienone is 24. The first-order valence-corrected chi connectivity index (χ1v) is 31.8. The van der Waals surface area contributed by atoms with Crippen LogP contribution in [0.15, 0.2) is 146 Å². The summed E-state index contributed by atoms with van der Waals surface area (Å²) >= 11 is 0. The molecular weight excluding hydrogens is 961 g/mol. The Labute approximate surface area is 480 Å². The third-order valence-corrected chi connectivity index (χ3v) is 13.1. The molecule has 0 rings (SSSR count). The van der Waals surface area contributed by atoms with Gasteiger partial charge < -0.3 is 14.2 Å². The molecule has 1 atom stereocenters.